The summed E-state index contributed by atoms with van der Waals surface area (Å²) in [6, 6.07) is 0. The van der Waals surface area contributed by atoms with Crippen molar-refractivity contribution in [1.82, 2.24) is 0 Å². The van der Waals surface area contributed by atoms with Gasteiger partial charge in [-0.25, -0.2) is 0 Å². The molecular formula is C5H13BrFNO. The normalized spacial score (nSPS) is 10.7. The summed E-state index contributed by atoms with van der Waals surface area (Å²) in [5.41, 5.74) is 0. The number of hydrogen-bond acceptors (Lipinski definition) is 1. The second-order valence-corrected chi connectivity index (χ2v) is 2.50. The van der Waals surface area contributed by atoms with Gasteiger partial charge >= 0.3 is 0 Å². The summed E-state index contributed by atoms with van der Waals surface area (Å²) in [6.07, 6.45) is 0. The Labute approximate surface area is 65.6 Å². The van der Waals surface area contributed by atoms with Gasteiger partial charge in [0.2, 0.25) is 6.80 Å². The molecule has 0 aliphatic rings. The minimum absolute atomic E-state index is 0. The molecule has 0 aliphatic carbocycles. The molecule has 2 nitrogen and oxygen atoms in total. The number of alkyl halides is 1. The number of nitrogens with zero attached hydrogens (tertiary/aromatic N) is 1. The first-order chi connectivity index (χ1) is 3.62. The fraction of sp³-hybridized carbons (Fsp3) is 1.00. The molecule has 4 heteroatoms. The fourth-order valence-corrected chi connectivity index (χ4v) is 0.330. The largest absolute Gasteiger partial charge is 1.00 e. The van der Waals surface area contributed by atoms with Crippen molar-refractivity contribution in [3.63, 3.8) is 0 Å². The minimum atomic E-state index is -0.416. The molecule has 0 unspecified atom stereocenters. The van der Waals surface area contributed by atoms with Crippen molar-refractivity contribution in [3.05, 3.63) is 0 Å². The van der Waals surface area contributed by atoms with Crippen molar-refractivity contribution in [2.24, 2.45) is 0 Å². The van der Waals surface area contributed by atoms with Crippen LogP contribution < -0.4 is 17.0 Å². The average molecular weight is 202 g/mol. The Morgan fingerprint density at radius 3 is 2.00 bits per heavy atom. The zero-order chi connectivity index (χ0) is 6.62. The summed E-state index contributed by atoms with van der Waals surface area (Å²) >= 11 is 0. The van der Waals surface area contributed by atoms with Crippen molar-refractivity contribution >= 4 is 0 Å². The number of rotatable bonds is 3. The molecule has 0 heterocycles. The Hall–Kier alpha value is 0.330. The van der Waals surface area contributed by atoms with Crippen molar-refractivity contribution in [2.45, 2.75) is 0 Å². The van der Waals surface area contributed by atoms with E-state index in [2.05, 4.69) is 0 Å². The zero-order valence-electron chi connectivity index (χ0n) is 5.77. The predicted octanol–water partition coefficient (Wildman–Crippen LogP) is -3.01. The second-order valence-electron chi connectivity index (χ2n) is 2.50. The fourth-order valence-electron chi connectivity index (χ4n) is 0.330. The monoisotopic (exact) mass is 201 g/mol. The molecule has 0 atom stereocenters. The van der Waals surface area contributed by atoms with E-state index >= 15 is 0 Å². The molecule has 0 bridgehead atoms. The van der Waals surface area contributed by atoms with E-state index in [4.69, 9.17) is 5.11 Å². The molecule has 0 amide bonds. The topological polar surface area (TPSA) is 20.2 Å². The smallest absolute Gasteiger partial charge is 0.221 e. The number of likely N-dealkylation sites (N-methyl/N-ethyl adjacent to an activating group) is 1. The van der Waals surface area contributed by atoms with Crippen LogP contribution in [-0.2, 0) is 0 Å². The molecule has 0 aromatic rings. The molecule has 1 N–H and O–H groups in total. The van der Waals surface area contributed by atoms with Crippen molar-refractivity contribution in [3.8, 4) is 0 Å². The Kier molecular flexibility index (Phi) is 6.88. The van der Waals surface area contributed by atoms with Crippen LogP contribution in [0, 0.1) is 0 Å². The van der Waals surface area contributed by atoms with E-state index in [1.54, 1.807) is 14.1 Å². The Morgan fingerprint density at radius 2 is 1.89 bits per heavy atom. The van der Waals surface area contributed by atoms with Crippen LogP contribution >= 0.6 is 0 Å². The highest BCUT2D eigenvalue weighted by molar-refractivity contribution is 4.21. The third-order valence-electron chi connectivity index (χ3n) is 1.03. The second kappa shape index (κ2) is 5.14. The van der Waals surface area contributed by atoms with Gasteiger partial charge in [-0.3, -0.25) is 0 Å². The van der Waals surface area contributed by atoms with Crippen LogP contribution in [0.4, 0.5) is 4.39 Å². The molecular weight excluding hydrogens is 189 g/mol. The van der Waals surface area contributed by atoms with Crippen LogP contribution in [0.15, 0.2) is 0 Å². The van der Waals surface area contributed by atoms with Crippen LogP contribution in [0.3, 0.4) is 0 Å². The van der Waals surface area contributed by atoms with E-state index in [0.29, 0.717) is 6.54 Å². The lowest BCUT2D eigenvalue weighted by Gasteiger charge is -2.24. The highest BCUT2D eigenvalue weighted by Gasteiger charge is 2.11. The van der Waals surface area contributed by atoms with Gasteiger partial charge in [-0.1, -0.05) is 0 Å². The van der Waals surface area contributed by atoms with Gasteiger partial charge in [0, 0.05) is 0 Å². The molecule has 0 radical (unpaired) electrons. The van der Waals surface area contributed by atoms with Crippen molar-refractivity contribution in [1.29, 1.82) is 0 Å². The maximum Gasteiger partial charge on any atom is 0.221 e. The number of hydrogen-bond donors (Lipinski definition) is 1. The zero-order valence-corrected chi connectivity index (χ0v) is 7.36. The van der Waals surface area contributed by atoms with Crippen molar-refractivity contribution < 1.29 is 31.0 Å². The lowest BCUT2D eigenvalue weighted by molar-refractivity contribution is -0.903. The summed E-state index contributed by atoms with van der Waals surface area (Å²) in [5, 5.41) is 8.35. The van der Waals surface area contributed by atoms with E-state index in [0.717, 1.165) is 0 Å². The summed E-state index contributed by atoms with van der Waals surface area (Å²) in [4.78, 5) is 0. The van der Waals surface area contributed by atoms with Crippen LogP contribution in [0.2, 0.25) is 0 Å². The quantitative estimate of drug-likeness (QED) is 0.381. The van der Waals surface area contributed by atoms with Gasteiger partial charge in [0.1, 0.15) is 6.54 Å². The van der Waals surface area contributed by atoms with Gasteiger partial charge in [-0.2, -0.15) is 4.39 Å². The summed E-state index contributed by atoms with van der Waals surface area (Å²) < 4.78 is 12.1. The van der Waals surface area contributed by atoms with Gasteiger partial charge < -0.3 is 26.6 Å². The van der Waals surface area contributed by atoms with Gasteiger partial charge in [0.05, 0.1) is 20.7 Å². The molecule has 58 valence electrons. The summed E-state index contributed by atoms with van der Waals surface area (Å²) in [5.74, 6) is 0. The van der Waals surface area contributed by atoms with E-state index in [9.17, 15) is 4.39 Å². The predicted molar refractivity (Wildman–Crippen MR) is 30.0 cm³/mol. The van der Waals surface area contributed by atoms with Crippen molar-refractivity contribution in [2.75, 3.05) is 34.0 Å². The molecule has 0 saturated heterocycles. The van der Waals surface area contributed by atoms with E-state index in [1.165, 1.54) is 0 Å². The van der Waals surface area contributed by atoms with Crippen LogP contribution in [0.5, 0.6) is 0 Å². The Bertz CT molecular complexity index is 70.0. The highest BCUT2D eigenvalue weighted by atomic mass is 79.9. The summed E-state index contributed by atoms with van der Waals surface area (Å²) in [6.45, 7) is 0.119. The minimum Gasteiger partial charge on any atom is -1.00 e. The SMILES string of the molecule is C[N+](C)(CF)CCO.[Br-]. The molecule has 0 saturated carbocycles. The molecule has 0 rings (SSSR count). The highest BCUT2D eigenvalue weighted by Crippen LogP contribution is 1.93. The third-order valence-corrected chi connectivity index (χ3v) is 1.03. The van der Waals surface area contributed by atoms with Gasteiger partial charge in [0.15, 0.2) is 0 Å². The van der Waals surface area contributed by atoms with Gasteiger partial charge in [0.25, 0.3) is 0 Å². The summed E-state index contributed by atoms with van der Waals surface area (Å²) in [7, 11) is 3.46. The number of quaternary nitrogens is 1. The molecule has 0 aromatic carbocycles. The molecule has 9 heavy (non-hydrogen) atoms. The standard InChI is InChI=1S/C5H13FNO.BrH/c1-7(2,5-6)3-4-8;/h8H,3-5H2,1-2H3;1H/q+1;/p-1. The van der Waals surface area contributed by atoms with E-state index < -0.39 is 6.80 Å². The maximum absolute atomic E-state index is 11.8. The first-order valence-electron chi connectivity index (χ1n) is 2.61. The molecule has 0 fully saturated rings. The first kappa shape index (κ1) is 12.0. The van der Waals surface area contributed by atoms with Crippen LogP contribution in [0.1, 0.15) is 0 Å². The van der Waals surface area contributed by atoms with E-state index in [-0.39, 0.29) is 28.1 Å². The first-order valence-corrected chi connectivity index (χ1v) is 2.61. The maximum atomic E-state index is 11.8. The Balaban J connectivity index is 0. The number of halogens is 2. The van der Waals surface area contributed by atoms with Crippen LogP contribution in [0.25, 0.3) is 0 Å². The lowest BCUT2D eigenvalue weighted by Crippen LogP contribution is -3.00. The van der Waals surface area contributed by atoms with Gasteiger partial charge in [-0.05, 0) is 0 Å². The van der Waals surface area contributed by atoms with E-state index in [1.807, 2.05) is 0 Å². The van der Waals surface area contributed by atoms with Gasteiger partial charge in [-0.15, -0.1) is 0 Å². The number of aliphatic hydroxyl groups excluding tert-OH is 1. The Morgan fingerprint density at radius 1 is 1.44 bits per heavy atom. The van der Waals surface area contributed by atoms with Crippen LogP contribution in [-0.4, -0.2) is 43.6 Å². The average Bonchev–Trinajstić information content (AvgIpc) is 1.67. The molecule has 0 aromatic heterocycles. The molecule has 0 aliphatic heterocycles. The molecule has 0 spiro atoms. The number of aliphatic hydroxyl groups is 1. The lowest BCUT2D eigenvalue weighted by atomic mass is 10.5. The third kappa shape index (κ3) is 6.21.